The number of nitrogens with one attached hydrogen (secondary N) is 1. The first-order valence-corrected chi connectivity index (χ1v) is 6.19. The van der Waals surface area contributed by atoms with E-state index >= 15 is 0 Å². The van der Waals surface area contributed by atoms with Crippen molar-refractivity contribution in [3.8, 4) is 0 Å². The third kappa shape index (κ3) is 5.80. The predicted octanol–water partition coefficient (Wildman–Crippen LogP) is 1.13. The van der Waals surface area contributed by atoms with Crippen LogP contribution in [-0.2, 0) is 16.0 Å². The number of aliphatic hydroxyl groups excluding tert-OH is 1. The van der Waals surface area contributed by atoms with Gasteiger partial charge >= 0.3 is 0 Å². The summed E-state index contributed by atoms with van der Waals surface area (Å²) in [6.07, 6.45) is 1.78. The van der Waals surface area contributed by atoms with Crippen LogP contribution < -0.4 is 5.32 Å². The normalized spacial score (nSPS) is 12.1. The van der Waals surface area contributed by atoms with Crippen LogP contribution in [-0.4, -0.2) is 37.4 Å². The van der Waals surface area contributed by atoms with Crippen molar-refractivity contribution in [3.05, 3.63) is 35.9 Å². The van der Waals surface area contributed by atoms with Gasteiger partial charge < -0.3 is 15.2 Å². The lowest BCUT2D eigenvalue weighted by molar-refractivity contribution is -0.122. The van der Waals surface area contributed by atoms with E-state index < -0.39 is 0 Å². The number of rotatable bonds is 8. The number of hydrogen-bond acceptors (Lipinski definition) is 3. The van der Waals surface area contributed by atoms with Gasteiger partial charge in [0.15, 0.2) is 0 Å². The monoisotopic (exact) mass is 251 g/mol. The van der Waals surface area contributed by atoms with E-state index in [1.165, 1.54) is 0 Å². The molecule has 100 valence electrons. The van der Waals surface area contributed by atoms with E-state index in [0.29, 0.717) is 25.9 Å². The van der Waals surface area contributed by atoms with Crippen molar-refractivity contribution >= 4 is 5.91 Å². The molecule has 1 aromatic rings. The van der Waals surface area contributed by atoms with Crippen LogP contribution in [0.4, 0.5) is 0 Å². The van der Waals surface area contributed by atoms with Gasteiger partial charge in [-0.05, 0) is 18.4 Å². The maximum absolute atomic E-state index is 11.6. The number of methoxy groups -OCH3 is 1. The molecule has 1 atom stereocenters. The van der Waals surface area contributed by atoms with Gasteiger partial charge in [0.05, 0.1) is 12.6 Å². The maximum atomic E-state index is 11.6. The summed E-state index contributed by atoms with van der Waals surface area (Å²) in [5, 5.41) is 12.1. The minimum atomic E-state index is -0.220. The number of ether oxygens (including phenoxy) is 1. The van der Waals surface area contributed by atoms with Gasteiger partial charge in [0, 0.05) is 20.1 Å². The largest absolute Gasteiger partial charge is 0.394 e. The lowest BCUT2D eigenvalue weighted by Gasteiger charge is -2.16. The Morgan fingerprint density at radius 3 is 2.72 bits per heavy atom. The zero-order valence-corrected chi connectivity index (χ0v) is 10.8. The molecule has 2 N–H and O–H groups in total. The molecule has 0 spiro atoms. The standard InChI is InChI=1S/C14H21NO3/c1-18-9-5-8-14(17)15-13(11-16)10-12-6-3-2-4-7-12/h2-4,6-7,13,16H,5,8-11H2,1H3,(H,15,17). The van der Waals surface area contributed by atoms with Crippen LogP contribution in [0.1, 0.15) is 18.4 Å². The van der Waals surface area contributed by atoms with E-state index in [4.69, 9.17) is 4.74 Å². The molecule has 0 radical (unpaired) electrons. The Bertz CT molecular complexity index is 340. The van der Waals surface area contributed by atoms with E-state index in [1.54, 1.807) is 7.11 Å². The highest BCUT2D eigenvalue weighted by molar-refractivity contribution is 5.76. The summed E-state index contributed by atoms with van der Waals surface area (Å²) < 4.78 is 4.89. The molecule has 1 amide bonds. The van der Waals surface area contributed by atoms with Crippen molar-refractivity contribution in [3.63, 3.8) is 0 Å². The summed E-state index contributed by atoms with van der Waals surface area (Å²) in [6, 6.07) is 9.59. The Morgan fingerprint density at radius 1 is 1.39 bits per heavy atom. The molecule has 0 aliphatic heterocycles. The molecule has 0 aliphatic carbocycles. The second-order valence-electron chi connectivity index (χ2n) is 4.23. The average molecular weight is 251 g/mol. The van der Waals surface area contributed by atoms with Crippen LogP contribution in [0, 0.1) is 0 Å². The summed E-state index contributed by atoms with van der Waals surface area (Å²) in [6.45, 7) is 0.529. The van der Waals surface area contributed by atoms with Crippen LogP contribution in [0.15, 0.2) is 30.3 Å². The third-order valence-electron chi connectivity index (χ3n) is 2.66. The van der Waals surface area contributed by atoms with Crippen molar-refractivity contribution in [1.82, 2.24) is 5.32 Å². The van der Waals surface area contributed by atoms with Gasteiger partial charge in [-0.15, -0.1) is 0 Å². The van der Waals surface area contributed by atoms with Crippen molar-refractivity contribution in [2.45, 2.75) is 25.3 Å². The third-order valence-corrected chi connectivity index (χ3v) is 2.66. The van der Waals surface area contributed by atoms with Crippen molar-refractivity contribution < 1.29 is 14.6 Å². The van der Waals surface area contributed by atoms with Gasteiger partial charge in [-0.2, -0.15) is 0 Å². The smallest absolute Gasteiger partial charge is 0.220 e. The molecule has 0 saturated carbocycles. The van der Waals surface area contributed by atoms with E-state index in [1.807, 2.05) is 30.3 Å². The SMILES string of the molecule is COCCCC(=O)NC(CO)Cc1ccccc1. The highest BCUT2D eigenvalue weighted by Gasteiger charge is 2.11. The quantitative estimate of drug-likeness (QED) is 0.681. The molecule has 4 nitrogen and oxygen atoms in total. The molecule has 18 heavy (non-hydrogen) atoms. The molecule has 0 aliphatic rings. The van der Waals surface area contributed by atoms with Gasteiger partial charge in [-0.3, -0.25) is 4.79 Å². The molecule has 1 unspecified atom stereocenters. The van der Waals surface area contributed by atoms with E-state index in [9.17, 15) is 9.90 Å². The Balaban J connectivity index is 2.35. The highest BCUT2D eigenvalue weighted by Crippen LogP contribution is 2.03. The molecule has 0 saturated heterocycles. The summed E-state index contributed by atoms with van der Waals surface area (Å²) in [5.74, 6) is -0.0398. The Labute approximate surface area is 108 Å². The number of hydrogen-bond donors (Lipinski definition) is 2. The fraction of sp³-hybridized carbons (Fsp3) is 0.500. The zero-order valence-electron chi connectivity index (χ0n) is 10.8. The second-order valence-corrected chi connectivity index (χ2v) is 4.23. The average Bonchev–Trinajstić information content (AvgIpc) is 2.39. The minimum Gasteiger partial charge on any atom is -0.394 e. The van der Waals surface area contributed by atoms with E-state index in [-0.39, 0.29) is 18.6 Å². The minimum absolute atomic E-state index is 0.0398. The van der Waals surface area contributed by atoms with Gasteiger partial charge in [0.1, 0.15) is 0 Å². The van der Waals surface area contributed by atoms with Crippen LogP contribution in [0.5, 0.6) is 0 Å². The highest BCUT2D eigenvalue weighted by atomic mass is 16.5. The lowest BCUT2D eigenvalue weighted by Crippen LogP contribution is -2.39. The molecule has 0 bridgehead atoms. The van der Waals surface area contributed by atoms with Gasteiger partial charge in [-0.1, -0.05) is 30.3 Å². The first kappa shape index (κ1) is 14.7. The maximum Gasteiger partial charge on any atom is 0.220 e. The summed E-state index contributed by atoms with van der Waals surface area (Å²) in [4.78, 5) is 11.6. The fourth-order valence-corrected chi connectivity index (χ4v) is 1.74. The number of benzene rings is 1. The molecular weight excluding hydrogens is 230 g/mol. The fourth-order valence-electron chi connectivity index (χ4n) is 1.74. The molecule has 4 heteroatoms. The second kappa shape index (κ2) is 8.66. The number of amides is 1. The number of aliphatic hydroxyl groups is 1. The summed E-state index contributed by atoms with van der Waals surface area (Å²) >= 11 is 0. The topological polar surface area (TPSA) is 58.6 Å². The first-order chi connectivity index (χ1) is 8.76. The predicted molar refractivity (Wildman–Crippen MR) is 70.3 cm³/mol. The van der Waals surface area contributed by atoms with Crippen LogP contribution >= 0.6 is 0 Å². The number of carbonyl (C=O) groups excluding carboxylic acids is 1. The molecule has 0 aromatic heterocycles. The molecule has 1 rings (SSSR count). The zero-order chi connectivity index (χ0) is 13.2. The van der Waals surface area contributed by atoms with Crippen molar-refractivity contribution in [1.29, 1.82) is 0 Å². The Kier molecular flexibility index (Phi) is 7.06. The number of carbonyl (C=O) groups is 1. The van der Waals surface area contributed by atoms with Crippen molar-refractivity contribution in [2.75, 3.05) is 20.3 Å². The summed E-state index contributed by atoms with van der Waals surface area (Å²) in [5.41, 5.74) is 1.11. The Morgan fingerprint density at radius 2 is 2.11 bits per heavy atom. The van der Waals surface area contributed by atoms with Crippen LogP contribution in [0.2, 0.25) is 0 Å². The molecule has 1 aromatic carbocycles. The van der Waals surface area contributed by atoms with Gasteiger partial charge in [-0.25, -0.2) is 0 Å². The van der Waals surface area contributed by atoms with Gasteiger partial charge in [0.2, 0.25) is 5.91 Å². The van der Waals surface area contributed by atoms with Crippen LogP contribution in [0.3, 0.4) is 0 Å². The molecule has 0 fully saturated rings. The van der Waals surface area contributed by atoms with Gasteiger partial charge in [0.25, 0.3) is 0 Å². The lowest BCUT2D eigenvalue weighted by atomic mass is 10.1. The first-order valence-electron chi connectivity index (χ1n) is 6.19. The molecular formula is C14H21NO3. The Hall–Kier alpha value is -1.39. The van der Waals surface area contributed by atoms with E-state index in [0.717, 1.165) is 5.56 Å². The summed E-state index contributed by atoms with van der Waals surface area (Å²) in [7, 11) is 1.61. The van der Waals surface area contributed by atoms with Crippen molar-refractivity contribution in [2.24, 2.45) is 0 Å². The molecule has 0 heterocycles. The van der Waals surface area contributed by atoms with E-state index in [2.05, 4.69) is 5.32 Å². The van der Waals surface area contributed by atoms with Crippen LogP contribution in [0.25, 0.3) is 0 Å².